The highest BCUT2D eigenvalue weighted by molar-refractivity contribution is 7.92. The topological polar surface area (TPSA) is 105 Å². The maximum atomic E-state index is 13.4. The number of nitrogens with zero attached hydrogens (tertiary/aromatic N) is 2. The molecule has 12 heteroatoms. The standard InChI is InChI=1S/C21H23Cl2N3O6S/c1-13(21(28)24-2)25(10-14-4-5-15(22)8-17(14)23)20(27)11-26(33(3,29)30)16-6-7-18-19(9-16)32-12-31-18/h4-9,13H,10-12H2,1-3H3,(H,24,28)/t13-/m1/s1. The minimum Gasteiger partial charge on any atom is -0.454 e. The molecule has 0 unspecified atom stereocenters. The zero-order chi connectivity index (χ0) is 24.3. The first-order valence-electron chi connectivity index (χ1n) is 9.83. The second-order valence-electron chi connectivity index (χ2n) is 7.35. The Hall–Kier alpha value is -2.69. The first-order valence-corrected chi connectivity index (χ1v) is 12.4. The highest BCUT2D eigenvalue weighted by Crippen LogP contribution is 2.36. The van der Waals surface area contributed by atoms with Crippen LogP contribution in [0.1, 0.15) is 12.5 Å². The molecule has 33 heavy (non-hydrogen) atoms. The van der Waals surface area contributed by atoms with Crippen LogP contribution in [0.4, 0.5) is 5.69 Å². The Kier molecular flexibility index (Phi) is 7.61. The van der Waals surface area contributed by atoms with E-state index in [9.17, 15) is 18.0 Å². The third-order valence-electron chi connectivity index (χ3n) is 5.09. The molecule has 1 aliphatic heterocycles. The van der Waals surface area contributed by atoms with E-state index in [-0.39, 0.29) is 19.0 Å². The summed E-state index contributed by atoms with van der Waals surface area (Å²) in [7, 11) is -2.41. The van der Waals surface area contributed by atoms with Crippen molar-refractivity contribution in [3.8, 4) is 11.5 Å². The van der Waals surface area contributed by atoms with Crippen LogP contribution in [0.15, 0.2) is 36.4 Å². The van der Waals surface area contributed by atoms with Gasteiger partial charge in [0.1, 0.15) is 12.6 Å². The van der Waals surface area contributed by atoms with E-state index in [1.54, 1.807) is 25.1 Å². The lowest BCUT2D eigenvalue weighted by Crippen LogP contribution is -2.50. The van der Waals surface area contributed by atoms with Crippen LogP contribution in [0.2, 0.25) is 10.0 Å². The van der Waals surface area contributed by atoms with Crippen LogP contribution in [0.5, 0.6) is 11.5 Å². The summed E-state index contributed by atoms with van der Waals surface area (Å²) < 4.78 is 36.7. The Morgan fingerprint density at radius 2 is 1.82 bits per heavy atom. The molecule has 0 fully saturated rings. The molecule has 0 radical (unpaired) electrons. The second kappa shape index (κ2) is 10.1. The highest BCUT2D eigenvalue weighted by Gasteiger charge is 2.30. The predicted molar refractivity (Wildman–Crippen MR) is 125 cm³/mol. The molecule has 1 heterocycles. The fourth-order valence-electron chi connectivity index (χ4n) is 3.28. The molecule has 1 atom stereocenters. The quantitative estimate of drug-likeness (QED) is 0.579. The molecule has 9 nitrogen and oxygen atoms in total. The lowest BCUT2D eigenvalue weighted by atomic mass is 10.1. The van der Waals surface area contributed by atoms with Crippen molar-refractivity contribution in [2.45, 2.75) is 19.5 Å². The van der Waals surface area contributed by atoms with Crippen LogP contribution in [0.3, 0.4) is 0 Å². The Bertz CT molecular complexity index is 1170. The molecule has 2 aromatic rings. The predicted octanol–water partition coefficient (Wildman–Crippen LogP) is 2.65. The number of amides is 2. The normalized spacial score (nSPS) is 13.4. The van der Waals surface area contributed by atoms with Crippen LogP contribution in [0.25, 0.3) is 0 Å². The van der Waals surface area contributed by atoms with E-state index in [0.717, 1.165) is 10.6 Å². The molecule has 0 bridgehead atoms. The molecule has 178 valence electrons. The van der Waals surface area contributed by atoms with Gasteiger partial charge in [0.15, 0.2) is 11.5 Å². The molecule has 1 aliphatic rings. The number of fused-ring (bicyclic) bond motifs is 1. The van der Waals surface area contributed by atoms with Crippen LogP contribution in [-0.4, -0.2) is 57.8 Å². The molecule has 0 spiro atoms. The van der Waals surface area contributed by atoms with Gasteiger partial charge in [0, 0.05) is 29.7 Å². The number of carbonyl (C=O) groups is 2. The van der Waals surface area contributed by atoms with Gasteiger partial charge in [-0.1, -0.05) is 29.3 Å². The fourth-order valence-corrected chi connectivity index (χ4v) is 4.59. The van der Waals surface area contributed by atoms with Crippen molar-refractivity contribution in [1.29, 1.82) is 0 Å². The smallest absolute Gasteiger partial charge is 0.244 e. The summed E-state index contributed by atoms with van der Waals surface area (Å²) in [6.07, 6.45) is 0.993. The Labute approximate surface area is 202 Å². The van der Waals surface area contributed by atoms with Gasteiger partial charge in [0.05, 0.1) is 11.9 Å². The summed E-state index contributed by atoms with van der Waals surface area (Å²) in [6.45, 7) is 1.01. The van der Waals surface area contributed by atoms with Gasteiger partial charge in [-0.25, -0.2) is 8.42 Å². The van der Waals surface area contributed by atoms with Gasteiger partial charge < -0.3 is 19.7 Å². The maximum Gasteiger partial charge on any atom is 0.244 e. The van der Waals surface area contributed by atoms with Crippen LogP contribution < -0.4 is 19.1 Å². The van der Waals surface area contributed by atoms with Gasteiger partial charge >= 0.3 is 0 Å². The average molecular weight is 516 g/mol. The first kappa shape index (κ1) is 24.9. The second-order valence-corrected chi connectivity index (χ2v) is 10.1. The Balaban J connectivity index is 1.93. The van der Waals surface area contributed by atoms with Gasteiger partial charge in [0.25, 0.3) is 0 Å². The summed E-state index contributed by atoms with van der Waals surface area (Å²) >= 11 is 12.2. The van der Waals surface area contributed by atoms with Crippen LogP contribution in [0, 0.1) is 0 Å². The largest absolute Gasteiger partial charge is 0.454 e. The van der Waals surface area contributed by atoms with Gasteiger partial charge in [0.2, 0.25) is 28.6 Å². The number of carbonyl (C=O) groups excluding carboxylic acids is 2. The molecule has 2 amide bonds. The lowest BCUT2D eigenvalue weighted by Gasteiger charge is -2.31. The van der Waals surface area contributed by atoms with Crippen molar-refractivity contribution >= 4 is 50.7 Å². The van der Waals surface area contributed by atoms with Crippen molar-refractivity contribution in [2.24, 2.45) is 0 Å². The van der Waals surface area contributed by atoms with Crippen molar-refractivity contribution < 1.29 is 27.5 Å². The number of hydrogen-bond acceptors (Lipinski definition) is 6. The van der Waals surface area contributed by atoms with E-state index in [1.807, 2.05) is 0 Å². The number of hydrogen-bond donors (Lipinski definition) is 1. The zero-order valence-electron chi connectivity index (χ0n) is 18.2. The van der Waals surface area contributed by atoms with Crippen LogP contribution >= 0.6 is 23.2 Å². The number of sulfonamides is 1. The molecular formula is C21H23Cl2N3O6S. The van der Waals surface area contributed by atoms with Crippen molar-refractivity contribution in [3.63, 3.8) is 0 Å². The Morgan fingerprint density at radius 3 is 2.45 bits per heavy atom. The van der Waals surface area contributed by atoms with Crippen molar-refractivity contribution in [1.82, 2.24) is 10.2 Å². The summed E-state index contributed by atoms with van der Waals surface area (Å²) in [5.41, 5.74) is 0.784. The number of anilines is 1. The van der Waals surface area contributed by atoms with Gasteiger partial charge in [-0.15, -0.1) is 0 Å². The van der Waals surface area contributed by atoms with Crippen molar-refractivity contribution in [3.05, 3.63) is 52.0 Å². The third-order valence-corrected chi connectivity index (χ3v) is 6.82. The molecule has 3 rings (SSSR count). The molecule has 0 aliphatic carbocycles. The maximum absolute atomic E-state index is 13.4. The van der Waals surface area contributed by atoms with Gasteiger partial charge in [-0.3, -0.25) is 13.9 Å². The Morgan fingerprint density at radius 1 is 1.12 bits per heavy atom. The number of likely N-dealkylation sites (N-methyl/N-ethyl adjacent to an activating group) is 1. The summed E-state index contributed by atoms with van der Waals surface area (Å²) in [5.74, 6) is -0.162. The number of nitrogens with one attached hydrogen (secondary N) is 1. The fraction of sp³-hybridized carbons (Fsp3) is 0.333. The van der Waals surface area contributed by atoms with E-state index in [1.165, 1.54) is 30.1 Å². The lowest BCUT2D eigenvalue weighted by molar-refractivity contribution is -0.139. The molecule has 1 N–H and O–H groups in total. The molecule has 2 aromatic carbocycles. The van der Waals surface area contributed by atoms with E-state index < -0.39 is 34.4 Å². The number of ether oxygens (including phenoxy) is 2. The summed E-state index contributed by atoms with van der Waals surface area (Å²) in [4.78, 5) is 27.0. The molecular weight excluding hydrogens is 493 g/mol. The minimum atomic E-state index is -3.86. The van der Waals surface area contributed by atoms with Crippen LogP contribution in [-0.2, 0) is 26.2 Å². The number of halogens is 2. The van der Waals surface area contributed by atoms with Gasteiger partial charge in [-0.2, -0.15) is 0 Å². The zero-order valence-corrected chi connectivity index (χ0v) is 20.5. The van der Waals surface area contributed by atoms with E-state index in [2.05, 4.69) is 5.32 Å². The molecule has 0 aromatic heterocycles. The summed E-state index contributed by atoms with van der Waals surface area (Å²) in [6, 6.07) is 8.47. The monoisotopic (exact) mass is 515 g/mol. The first-order chi connectivity index (χ1) is 15.5. The average Bonchev–Trinajstić information content (AvgIpc) is 3.22. The summed E-state index contributed by atoms with van der Waals surface area (Å²) in [5, 5.41) is 3.25. The number of rotatable bonds is 8. The highest BCUT2D eigenvalue weighted by atomic mass is 35.5. The van der Waals surface area contributed by atoms with Gasteiger partial charge in [-0.05, 0) is 36.8 Å². The minimum absolute atomic E-state index is 0.0237. The third kappa shape index (κ3) is 5.82. The van der Waals surface area contributed by atoms with E-state index >= 15 is 0 Å². The van der Waals surface area contributed by atoms with E-state index in [0.29, 0.717) is 27.1 Å². The molecule has 0 saturated carbocycles. The van der Waals surface area contributed by atoms with Crippen molar-refractivity contribution in [2.75, 3.05) is 30.9 Å². The molecule has 0 saturated heterocycles. The van der Waals surface area contributed by atoms with E-state index in [4.69, 9.17) is 32.7 Å². The number of benzene rings is 2. The SMILES string of the molecule is CNC(=O)[C@@H](C)N(Cc1ccc(Cl)cc1Cl)C(=O)CN(c1ccc2c(c1)OCO2)S(C)(=O)=O.